The van der Waals surface area contributed by atoms with Crippen LogP contribution in [0.3, 0.4) is 0 Å². The van der Waals surface area contributed by atoms with Crippen molar-refractivity contribution < 1.29 is 9.47 Å². The van der Waals surface area contributed by atoms with Crippen molar-refractivity contribution in [2.75, 3.05) is 20.8 Å². The van der Waals surface area contributed by atoms with E-state index in [-0.39, 0.29) is 0 Å². The Labute approximate surface area is 114 Å². The lowest BCUT2D eigenvalue weighted by atomic mass is 10.2. The lowest BCUT2D eigenvalue weighted by molar-refractivity contribution is 0.354. The summed E-state index contributed by atoms with van der Waals surface area (Å²) in [5, 5.41) is 3.90. The summed E-state index contributed by atoms with van der Waals surface area (Å²) in [6.45, 7) is 5.67. The van der Waals surface area contributed by atoms with Gasteiger partial charge in [-0.25, -0.2) is 0 Å². The molecule has 0 saturated heterocycles. The van der Waals surface area contributed by atoms with Crippen LogP contribution in [0.2, 0.25) is 5.02 Å². The summed E-state index contributed by atoms with van der Waals surface area (Å²) in [5.74, 6) is 1.23. The van der Waals surface area contributed by atoms with E-state index in [1.165, 1.54) is 5.57 Å². The summed E-state index contributed by atoms with van der Waals surface area (Å²) in [5.41, 5.74) is 2.29. The highest BCUT2D eigenvalue weighted by molar-refractivity contribution is 6.33. The Kier molecular flexibility index (Phi) is 6.02. The predicted molar refractivity (Wildman–Crippen MR) is 75.7 cm³/mol. The van der Waals surface area contributed by atoms with Crippen molar-refractivity contribution in [1.29, 1.82) is 0 Å². The lowest BCUT2D eigenvalue weighted by Gasteiger charge is -2.13. The zero-order valence-corrected chi connectivity index (χ0v) is 12.1. The van der Waals surface area contributed by atoms with Crippen molar-refractivity contribution in [2.24, 2.45) is 0 Å². The van der Waals surface area contributed by atoms with Gasteiger partial charge in [-0.15, -0.1) is 0 Å². The van der Waals surface area contributed by atoms with Crippen LogP contribution in [0.1, 0.15) is 19.4 Å². The van der Waals surface area contributed by atoms with Crippen molar-refractivity contribution in [3.63, 3.8) is 0 Å². The molecule has 0 aliphatic carbocycles. The Balaban J connectivity index is 2.75. The average Bonchev–Trinajstić information content (AvgIpc) is 2.35. The fourth-order valence-electron chi connectivity index (χ4n) is 1.55. The lowest BCUT2D eigenvalue weighted by Crippen LogP contribution is -2.13. The highest BCUT2D eigenvalue weighted by atomic mass is 35.5. The number of nitrogens with one attached hydrogen (secondary N) is 1. The fraction of sp³-hybridized carbons (Fsp3) is 0.429. The first-order valence-corrected chi connectivity index (χ1v) is 6.21. The van der Waals surface area contributed by atoms with E-state index in [0.717, 1.165) is 12.1 Å². The second-order valence-electron chi connectivity index (χ2n) is 4.19. The van der Waals surface area contributed by atoms with Crippen LogP contribution in [-0.4, -0.2) is 20.8 Å². The smallest absolute Gasteiger partial charge is 0.179 e. The molecule has 1 rings (SSSR count). The van der Waals surface area contributed by atoms with E-state index in [4.69, 9.17) is 21.1 Å². The van der Waals surface area contributed by atoms with Gasteiger partial charge in [0, 0.05) is 13.1 Å². The van der Waals surface area contributed by atoms with Gasteiger partial charge in [0.1, 0.15) is 0 Å². The normalized spacial score (nSPS) is 10.1. The number of allylic oxidation sites excluding steroid dienone is 1. The van der Waals surface area contributed by atoms with Crippen LogP contribution in [0.25, 0.3) is 0 Å². The maximum Gasteiger partial charge on any atom is 0.179 e. The molecule has 1 aromatic rings. The first-order valence-electron chi connectivity index (χ1n) is 5.83. The molecule has 4 heteroatoms. The van der Waals surface area contributed by atoms with Gasteiger partial charge in [0.25, 0.3) is 0 Å². The Morgan fingerprint density at radius 3 is 2.56 bits per heavy atom. The molecular weight excluding hydrogens is 250 g/mol. The van der Waals surface area contributed by atoms with Gasteiger partial charge in [0.2, 0.25) is 0 Å². The maximum atomic E-state index is 6.27. The molecule has 1 aromatic carbocycles. The van der Waals surface area contributed by atoms with Gasteiger partial charge >= 0.3 is 0 Å². The summed E-state index contributed by atoms with van der Waals surface area (Å²) in [7, 11) is 3.19. The first kappa shape index (κ1) is 14.9. The van der Waals surface area contributed by atoms with E-state index in [9.17, 15) is 0 Å². The van der Waals surface area contributed by atoms with Crippen LogP contribution in [-0.2, 0) is 6.54 Å². The van der Waals surface area contributed by atoms with Crippen molar-refractivity contribution >= 4 is 11.6 Å². The molecular formula is C14H20ClNO2. The molecule has 3 nitrogen and oxygen atoms in total. The number of halogens is 1. The van der Waals surface area contributed by atoms with Gasteiger partial charge in [-0.3, -0.25) is 0 Å². The van der Waals surface area contributed by atoms with Gasteiger partial charge in [-0.2, -0.15) is 0 Å². The monoisotopic (exact) mass is 269 g/mol. The van der Waals surface area contributed by atoms with Crippen molar-refractivity contribution in [2.45, 2.75) is 20.4 Å². The molecule has 0 aliphatic rings. The Bertz CT molecular complexity index is 426. The maximum absolute atomic E-state index is 6.27. The van der Waals surface area contributed by atoms with Gasteiger partial charge in [0.15, 0.2) is 11.5 Å². The summed E-state index contributed by atoms with van der Waals surface area (Å²) in [6, 6.07) is 3.81. The van der Waals surface area contributed by atoms with E-state index >= 15 is 0 Å². The zero-order valence-electron chi connectivity index (χ0n) is 11.3. The molecule has 0 spiro atoms. The Hall–Kier alpha value is -1.19. The molecule has 0 amide bonds. The third kappa shape index (κ3) is 3.93. The van der Waals surface area contributed by atoms with Gasteiger partial charge in [-0.1, -0.05) is 29.3 Å². The van der Waals surface area contributed by atoms with E-state index < -0.39 is 0 Å². The van der Waals surface area contributed by atoms with Crippen LogP contribution in [0.4, 0.5) is 0 Å². The minimum atomic E-state index is 0.584. The summed E-state index contributed by atoms with van der Waals surface area (Å²) < 4.78 is 10.4. The molecule has 0 radical (unpaired) electrons. The SMILES string of the molecule is COc1ccc(CNCC=C(C)C)c(Cl)c1OC. The molecule has 0 aromatic heterocycles. The van der Waals surface area contributed by atoms with E-state index in [1.807, 2.05) is 12.1 Å². The molecule has 0 unspecified atom stereocenters. The number of ether oxygens (including phenoxy) is 2. The highest BCUT2D eigenvalue weighted by Crippen LogP contribution is 2.37. The van der Waals surface area contributed by atoms with E-state index in [0.29, 0.717) is 23.1 Å². The largest absolute Gasteiger partial charge is 0.493 e. The molecule has 0 saturated carbocycles. The number of hydrogen-bond donors (Lipinski definition) is 1. The van der Waals surface area contributed by atoms with Gasteiger partial charge in [0.05, 0.1) is 19.2 Å². The first-order chi connectivity index (χ1) is 8.60. The third-order valence-electron chi connectivity index (χ3n) is 2.54. The van der Waals surface area contributed by atoms with Crippen LogP contribution in [0.15, 0.2) is 23.8 Å². The van der Waals surface area contributed by atoms with Crippen LogP contribution >= 0.6 is 11.6 Å². The molecule has 18 heavy (non-hydrogen) atoms. The molecule has 0 heterocycles. The molecule has 0 bridgehead atoms. The Morgan fingerprint density at radius 1 is 1.28 bits per heavy atom. The summed E-state index contributed by atoms with van der Waals surface area (Å²) in [6.07, 6.45) is 2.13. The molecule has 0 atom stereocenters. The van der Waals surface area contributed by atoms with Crippen molar-refractivity contribution in [3.05, 3.63) is 34.4 Å². The molecule has 0 fully saturated rings. The number of hydrogen-bond acceptors (Lipinski definition) is 3. The van der Waals surface area contributed by atoms with E-state index in [2.05, 4.69) is 25.2 Å². The van der Waals surface area contributed by atoms with Crippen LogP contribution < -0.4 is 14.8 Å². The van der Waals surface area contributed by atoms with Crippen LogP contribution in [0.5, 0.6) is 11.5 Å². The minimum Gasteiger partial charge on any atom is -0.493 e. The third-order valence-corrected chi connectivity index (χ3v) is 2.95. The molecule has 0 aliphatic heterocycles. The second kappa shape index (κ2) is 7.29. The van der Waals surface area contributed by atoms with Gasteiger partial charge < -0.3 is 14.8 Å². The number of benzene rings is 1. The minimum absolute atomic E-state index is 0.584. The van der Waals surface area contributed by atoms with Crippen molar-refractivity contribution in [3.8, 4) is 11.5 Å². The highest BCUT2D eigenvalue weighted by Gasteiger charge is 2.12. The topological polar surface area (TPSA) is 30.5 Å². The number of methoxy groups -OCH3 is 2. The van der Waals surface area contributed by atoms with Gasteiger partial charge in [-0.05, 0) is 25.5 Å². The predicted octanol–water partition coefficient (Wildman–Crippen LogP) is 3.41. The fourth-order valence-corrected chi connectivity index (χ4v) is 1.85. The zero-order chi connectivity index (χ0) is 13.5. The second-order valence-corrected chi connectivity index (χ2v) is 4.56. The number of rotatable bonds is 6. The van der Waals surface area contributed by atoms with Crippen LogP contribution in [0, 0.1) is 0 Å². The summed E-state index contributed by atoms with van der Waals surface area (Å²) in [4.78, 5) is 0. The van der Waals surface area contributed by atoms with E-state index in [1.54, 1.807) is 14.2 Å². The standard InChI is InChI=1S/C14H20ClNO2/c1-10(2)7-8-16-9-11-5-6-12(17-3)14(18-4)13(11)15/h5-7,16H,8-9H2,1-4H3. The molecule has 1 N–H and O–H groups in total. The average molecular weight is 270 g/mol. The summed E-state index contributed by atoms with van der Waals surface area (Å²) >= 11 is 6.27. The quantitative estimate of drug-likeness (QED) is 0.634. The van der Waals surface area contributed by atoms with Crippen molar-refractivity contribution in [1.82, 2.24) is 5.32 Å². The Morgan fingerprint density at radius 2 is 2.00 bits per heavy atom. The molecule has 100 valence electrons.